The number of phosphoric acid groups is 2. The molecule has 0 heterocycles. The summed E-state index contributed by atoms with van der Waals surface area (Å²) in [4.78, 5) is 72.6. The average Bonchev–Trinajstić information content (AvgIpc) is 3.71. The molecule has 0 saturated heterocycles. The lowest BCUT2D eigenvalue weighted by Crippen LogP contribution is -2.30. The summed E-state index contributed by atoms with van der Waals surface area (Å²) < 4.78 is 68.3. The van der Waals surface area contributed by atoms with Gasteiger partial charge in [-0.25, -0.2) is 9.13 Å². The molecule has 17 nitrogen and oxygen atoms in total. The van der Waals surface area contributed by atoms with Gasteiger partial charge in [0.15, 0.2) is 12.2 Å². The van der Waals surface area contributed by atoms with Crippen molar-refractivity contribution in [2.24, 2.45) is 11.8 Å². The zero-order valence-electron chi connectivity index (χ0n) is 59.9. The number of esters is 4. The fourth-order valence-corrected chi connectivity index (χ4v) is 12.7. The molecule has 546 valence electrons. The van der Waals surface area contributed by atoms with E-state index in [-0.39, 0.29) is 25.7 Å². The number of rotatable bonds is 72. The van der Waals surface area contributed by atoms with Crippen LogP contribution < -0.4 is 0 Å². The van der Waals surface area contributed by atoms with E-state index in [0.29, 0.717) is 31.6 Å². The van der Waals surface area contributed by atoms with Gasteiger partial charge in [0.2, 0.25) is 0 Å². The fraction of sp³-hybridized carbons (Fsp3) is 0.945. The average molecular weight is 1350 g/mol. The Balaban J connectivity index is 5.21. The van der Waals surface area contributed by atoms with E-state index >= 15 is 0 Å². The maximum Gasteiger partial charge on any atom is 0.472 e. The molecule has 0 aliphatic rings. The number of hydrogen-bond donors (Lipinski definition) is 3. The Kier molecular flexibility index (Phi) is 63.7. The first kappa shape index (κ1) is 90.1. The van der Waals surface area contributed by atoms with Crippen molar-refractivity contribution in [1.82, 2.24) is 0 Å². The number of phosphoric ester groups is 2. The van der Waals surface area contributed by atoms with Gasteiger partial charge in [-0.05, 0) is 37.5 Å². The van der Waals surface area contributed by atoms with Gasteiger partial charge in [-0.3, -0.25) is 37.3 Å². The van der Waals surface area contributed by atoms with Crippen molar-refractivity contribution >= 4 is 39.5 Å². The van der Waals surface area contributed by atoms with Gasteiger partial charge in [0.05, 0.1) is 26.4 Å². The second-order valence-electron chi connectivity index (χ2n) is 27.3. The molecule has 5 atom stereocenters. The first-order valence-corrected chi connectivity index (χ1v) is 41.0. The minimum Gasteiger partial charge on any atom is -0.462 e. The number of hydrogen-bond acceptors (Lipinski definition) is 15. The number of ether oxygens (including phenoxy) is 4. The van der Waals surface area contributed by atoms with Crippen molar-refractivity contribution in [2.75, 3.05) is 39.6 Å². The van der Waals surface area contributed by atoms with Crippen molar-refractivity contribution < 1.29 is 80.2 Å². The zero-order chi connectivity index (χ0) is 67.9. The summed E-state index contributed by atoms with van der Waals surface area (Å²) in [7, 11) is -9.90. The molecule has 3 N–H and O–H groups in total. The highest BCUT2D eigenvalue weighted by atomic mass is 31.2. The smallest absolute Gasteiger partial charge is 0.462 e. The minimum absolute atomic E-state index is 0.104. The normalized spacial score (nSPS) is 14.1. The third-order valence-corrected chi connectivity index (χ3v) is 18.9. The number of carbonyl (C=O) groups excluding carboxylic acids is 4. The molecule has 19 heteroatoms. The second-order valence-corrected chi connectivity index (χ2v) is 30.2. The fourth-order valence-electron chi connectivity index (χ4n) is 11.1. The Labute approximate surface area is 562 Å². The van der Waals surface area contributed by atoms with Crippen molar-refractivity contribution in [1.29, 1.82) is 0 Å². The Hall–Kier alpha value is -1.94. The van der Waals surface area contributed by atoms with Crippen LogP contribution in [0.2, 0.25) is 0 Å². The van der Waals surface area contributed by atoms with Crippen LogP contribution in [-0.2, 0) is 65.4 Å². The van der Waals surface area contributed by atoms with E-state index in [9.17, 15) is 43.2 Å². The van der Waals surface area contributed by atoms with Gasteiger partial charge in [0.1, 0.15) is 19.3 Å². The Bertz CT molecular complexity index is 1790. The Morgan fingerprint density at radius 1 is 0.293 bits per heavy atom. The van der Waals surface area contributed by atoms with Crippen LogP contribution in [0.15, 0.2) is 0 Å². The summed E-state index contributed by atoms with van der Waals surface area (Å²) in [5.41, 5.74) is 0. The van der Waals surface area contributed by atoms with E-state index in [0.717, 1.165) is 95.8 Å². The second kappa shape index (κ2) is 65.0. The summed E-state index contributed by atoms with van der Waals surface area (Å²) in [6.07, 6.45) is 51.4. The van der Waals surface area contributed by atoms with Gasteiger partial charge in [-0.1, -0.05) is 324 Å². The van der Waals surface area contributed by atoms with E-state index in [1.54, 1.807) is 0 Å². The van der Waals surface area contributed by atoms with Crippen LogP contribution in [0, 0.1) is 11.8 Å². The summed E-state index contributed by atoms with van der Waals surface area (Å²) in [5.74, 6) is -0.616. The van der Waals surface area contributed by atoms with Crippen LogP contribution in [0.25, 0.3) is 0 Å². The predicted molar refractivity (Wildman–Crippen MR) is 372 cm³/mol. The number of unbranched alkanes of at least 4 members (excludes halogenated alkanes) is 42. The van der Waals surface area contributed by atoms with Gasteiger partial charge in [-0.15, -0.1) is 0 Å². The predicted octanol–water partition coefficient (Wildman–Crippen LogP) is 21.2. The van der Waals surface area contributed by atoms with Crippen LogP contribution in [0.1, 0.15) is 375 Å². The molecule has 0 aromatic carbocycles. The first-order chi connectivity index (χ1) is 44.4. The molecule has 0 aliphatic carbocycles. The molecular formula is C73H142O17P2. The summed E-state index contributed by atoms with van der Waals surface area (Å²) in [5, 5.41) is 10.6. The van der Waals surface area contributed by atoms with Crippen LogP contribution >= 0.6 is 15.6 Å². The molecule has 0 fully saturated rings. The molecule has 92 heavy (non-hydrogen) atoms. The monoisotopic (exact) mass is 1350 g/mol. The van der Waals surface area contributed by atoms with E-state index in [2.05, 4.69) is 41.5 Å². The molecule has 0 saturated carbocycles. The Morgan fingerprint density at radius 3 is 0.739 bits per heavy atom. The summed E-state index contributed by atoms with van der Waals surface area (Å²) in [6, 6.07) is 0. The lowest BCUT2D eigenvalue weighted by Gasteiger charge is -2.21. The van der Waals surface area contributed by atoms with Gasteiger partial charge < -0.3 is 33.8 Å². The van der Waals surface area contributed by atoms with Gasteiger partial charge in [-0.2, -0.15) is 0 Å². The first-order valence-electron chi connectivity index (χ1n) is 38.0. The van der Waals surface area contributed by atoms with Crippen molar-refractivity contribution in [2.45, 2.75) is 394 Å². The summed E-state index contributed by atoms with van der Waals surface area (Å²) >= 11 is 0. The maximum atomic E-state index is 13.1. The molecule has 2 unspecified atom stereocenters. The van der Waals surface area contributed by atoms with E-state index in [4.69, 9.17) is 37.0 Å². The van der Waals surface area contributed by atoms with Gasteiger partial charge >= 0.3 is 39.5 Å². The van der Waals surface area contributed by atoms with Crippen LogP contribution in [0.4, 0.5) is 0 Å². The van der Waals surface area contributed by atoms with Gasteiger partial charge in [0, 0.05) is 25.7 Å². The SMILES string of the molecule is CCCCCCCCCCCCCCCC(=O)OC[C@H](COP(=O)(O)OC[C@@H](O)COP(=O)(O)OC[C@@H](COC(=O)CCCCCCCCCCCC)OC(=O)CCCCCCCCCC(C)C)OC(=O)CCCCCCCCCCCCCCCCCCC(C)C. The van der Waals surface area contributed by atoms with Crippen molar-refractivity contribution in [3.05, 3.63) is 0 Å². The topological polar surface area (TPSA) is 237 Å². The third kappa shape index (κ3) is 66.7. The lowest BCUT2D eigenvalue weighted by atomic mass is 10.0. The molecule has 0 aliphatic heterocycles. The largest absolute Gasteiger partial charge is 0.472 e. The summed E-state index contributed by atoms with van der Waals surface area (Å²) in [6.45, 7) is 9.53. The van der Waals surface area contributed by atoms with Crippen molar-refractivity contribution in [3.8, 4) is 0 Å². The van der Waals surface area contributed by atoms with Crippen molar-refractivity contribution in [3.63, 3.8) is 0 Å². The van der Waals surface area contributed by atoms with Crippen LogP contribution in [0.5, 0.6) is 0 Å². The minimum atomic E-state index is -4.95. The Morgan fingerprint density at radius 2 is 0.500 bits per heavy atom. The van der Waals surface area contributed by atoms with Gasteiger partial charge in [0.25, 0.3) is 0 Å². The molecule has 0 spiro atoms. The number of aliphatic hydroxyl groups is 1. The highest BCUT2D eigenvalue weighted by Gasteiger charge is 2.30. The molecule has 0 radical (unpaired) electrons. The highest BCUT2D eigenvalue weighted by molar-refractivity contribution is 7.47. The lowest BCUT2D eigenvalue weighted by molar-refractivity contribution is -0.161. The molecule has 0 amide bonds. The zero-order valence-corrected chi connectivity index (χ0v) is 61.6. The standard InChI is InChI=1S/C73H142O17P2/c1-7-9-11-13-15-17-19-24-28-32-38-44-50-56-71(76)84-61-68(89-72(77)57-51-45-39-33-29-26-23-21-20-22-25-27-30-35-41-47-53-65(3)4)63-87-91(79,80)85-59-67(74)60-86-92(81,82)88-64-69(90-73(78)58-52-46-40-34-36-42-48-54-66(5)6)62-83-70(75)55-49-43-37-31-18-16-14-12-10-8-2/h65-69,74H,7-64H2,1-6H3,(H,79,80)(H,81,82)/t67-,68-,69-/m1/s1. The molecular weight excluding hydrogens is 1210 g/mol. The highest BCUT2D eigenvalue weighted by Crippen LogP contribution is 2.45. The quantitative estimate of drug-likeness (QED) is 0.0222. The van der Waals surface area contributed by atoms with E-state index < -0.39 is 97.5 Å². The number of aliphatic hydroxyl groups excluding tert-OH is 1. The maximum absolute atomic E-state index is 13.1. The van der Waals surface area contributed by atoms with E-state index in [1.807, 2.05) is 0 Å². The molecule has 0 aromatic rings. The molecule has 0 bridgehead atoms. The third-order valence-electron chi connectivity index (χ3n) is 17.0. The number of carbonyl (C=O) groups is 4. The van der Waals surface area contributed by atoms with Crippen LogP contribution in [-0.4, -0.2) is 96.7 Å². The van der Waals surface area contributed by atoms with Crippen LogP contribution in [0.3, 0.4) is 0 Å². The molecule has 0 aromatic heterocycles. The molecule has 0 rings (SSSR count). The van der Waals surface area contributed by atoms with E-state index in [1.165, 1.54) is 193 Å².